The Bertz CT molecular complexity index is 567. The lowest BCUT2D eigenvalue weighted by atomic mass is 10.0. The van der Waals surface area contributed by atoms with Crippen LogP contribution in [0.5, 0.6) is 5.75 Å². The highest BCUT2D eigenvalue weighted by atomic mass is 32.1. The number of methoxy groups -OCH3 is 1. The summed E-state index contributed by atoms with van der Waals surface area (Å²) in [6, 6.07) is 9.40. The zero-order valence-corrected chi connectivity index (χ0v) is 12.9. The molecule has 1 N–H and O–H groups in total. The molecule has 1 unspecified atom stereocenters. The highest BCUT2D eigenvalue weighted by Gasteiger charge is 2.17. The van der Waals surface area contributed by atoms with Crippen LogP contribution in [0.25, 0.3) is 0 Å². The van der Waals surface area contributed by atoms with Crippen molar-refractivity contribution in [2.45, 2.75) is 26.3 Å². The fourth-order valence-electron chi connectivity index (χ4n) is 2.14. The average Bonchev–Trinajstić information content (AvgIpc) is 2.86. The van der Waals surface area contributed by atoms with Gasteiger partial charge in [0.1, 0.15) is 0 Å². The molecule has 1 atom stereocenters. The van der Waals surface area contributed by atoms with Gasteiger partial charge in [0.25, 0.3) is 0 Å². The van der Waals surface area contributed by atoms with Crippen LogP contribution in [-0.4, -0.2) is 13.7 Å². The van der Waals surface area contributed by atoms with E-state index < -0.39 is 0 Å². The van der Waals surface area contributed by atoms with E-state index in [2.05, 4.69) is 31.3 Å². The summed E-state index contributed by atoms with van der Waals surface area (Å²) >= 11 is 1.74. The molecule has 0 aliphatic heterocycles. The monoisotopic (exact) mass is 293 g/mol. The van der Waals surface area contributed by atoms with Crippen LogP contribution >= 0.6 is 11.3 Å². The van der Waals surface area contributed by atoms with Gasteiger partial charge in [-0.15, -0.1) is 11.3 Å². The van der Waals surface area contributed by atoms with Crippen LogP contribution in [0.3, 0.4) is 0 Å². The van der Waals surface area contributed by atoms with Gasteiger partial charge in [-0.2, -0.15) is 0 Å². The predicted octanol–water partition coefficient (Wildman–Crippen LogP) is 4.29. The van der Waals surface area contributed by atoms with Crippen LogP contribution in [0.4, 0.5) is 4.39 Å². The Kier molecular flexibility index (Phi) is 5.15. The van der Waals surface area contributed by atoms with Gasteiger partial charge < -0.3 is 10.1 Å². The van der Waals surface area contributed by atoms with Gasteiger partial charge in [0.05, 0.1) is 13.2 Å². The number of halogens is 1. The maximum Gasteiger partial charge on any atom is 0.165 e. The van der Waals surface area contributed by atoms with E-state index in [4.69, 9.17) is 4.74 Å². The molecule has 2 nitrogen and oxygen atoms in total. The maximum absolute atomic E-state index is 13.9. The van der Waals surface area contributed by atoms with Gasteiger partial charge in [-0.3, -0.25) is 0 Å². The highest BCUT2D eigenvalue weighted by Crippen LogP contribution is 2.30. The molecule has 1 aromatic carbocycles. The summed E-state index contributed by atoms with van der Waals surface area (Å²) in [5.41, 5.74) is 0.929. The molecule has 0 aliphatic carbocycles. The zero-order valence-electron chi connectivity index (χ0n) is 12.1. The number of ether oxygens (including phenoxy) is 1. The summed E-state index contributed by atoms with van der Waals surface area (Å²) in [5.74, 6) is -0.0353. The number of hydrogen-bond acceptors (Lipinski definition) is 3. The number of nitrogens with one attached hydrogen (secondary N) is 1. The van der Waals surface area contributed by atoms with E-state index in [1.54, 1.807) is 23.5 Å². The van der Waals surface area contributed by atoms with Gasteiger partial charge in [0.15, 0.2) is 11.6 Å². The Balaban J connectivity index is 2.33. The van der Waals surface area contributed by atoms with Crippen LogP contribution in [-0.2, 0) is 0 Å². The van der Waals surface area contributed by atoms with Gasteiger partial charge in [0, 0.05) is 9.75 Å². The number of thiophene rings is 1. The minimum Gasteiger partial charge on any atom is -0.494 e. The van der Waals surface area contributed by atoms with E-state index in [0.29, 0.717) is 0 Å². The first kappa shape index (κ1) is 15.0. The molecule has 108 valence electrons. The van der Waals surface area contributed by atoms with Crippen LogP contribution < -0.4 is 10.1 Å². The third-order valence-electron chi connectivity index (χ3n) is 3.15. The third kappa shape index (κ3) is 3.38. The molecule has 0 amide bonds. The molecule has 0 spiro atoms. The lowest BCUT2D eigenvalue weighted by Crippen LogP contribution is -2.22. The van der Waals surface area contributed by atoms with Crippen molar-refractivity contribution in [3.63, 3.8) is 0 Å². The lowest BCUT2D eigenvalue weighted by molar-refractivity contribution is 0.385. The second-order valence-electron chi connectivity index (χ2n) is 4.73. The molecule has 0 aliphatic rings. The van der Waals surface area contributed by atoms with Crippen molar-refractivity contribution in [2.24, 2.45) is 0 Å². The fourth-order valence-corrected chi connectivity index (χ4v) is 3.12. The first-order valence-electron chi connectivity index (χ1n) is 6.79. The van der Waals surface area contributed by atoms with Gasteiger partial charge in [-0.1, -0.05) is 13.0 Å². The van der Waals surface area contributed by atoms with Crippen molar-refractivity contribution in [3.05, 3.63) is 51.5 Å². The smallest absolute Gasteiger partial charge is 0.165 e. The average molecular weight is 293 g/mol. The lowest BCUT2D eigenvalue weighted by Gasteiger charge is -2.18. The largest absolute Gasteiger partial charge is 0.494 e. The Morgan fingerprint density at radius 2 is 2.10 bits per heavy atom. The van der Waals surface area contributed by atoms with Crippen molar-refractivity contribution in [2.75, 3.05) is 13.7 Å². The van der Waals surface area contributed by atoms with Gasteiger partial charge in [-0.25, -0.2) is 4.39 Å². The molecule has 0 radical (unpaired) electrons. The molecule has 2 aromatic rings. The van der Waals surface area contributed by atoms with Crippen molar-refractivity contribution in [1.82, 2.24) is 5.32 Å². The fraction of sp³-hybridized carbons (Fsp3) is 0.375. The first-order chi connectivity index (χ1) is 9.65. The van der Waals surface area contributed by atoms with Crippen LogP contribution in [0.1, 0.15) is 34.7 Å². The Morgan fingerprint density at radius 3 is 2.65 bits per heavy atom. The van der Waals surface area contributed by atoms with Crippen molar-refractivity contribution in [1.29, 1.82) is 0 Å². The van der Waals surface area contributed by atoms with Gasteiger partial charge in [0.2, 0.25) is 0 Å². The first-order valence-corrected chi connectivity index (χ1v) is 7.60. The van der Waals surface area contributed by atoms with Crippen molar-refractivity contribution in [3.8, 4) is 5.75 Å². The molecule has 0 saturated heterocycles. The molecule has 2 rings (SSSR count). The summed E-state index contributed by atoms with van der Waals surface area (Å²) in [4.78, 5) is 2.47. The quantitative estimate of drug-likeness (QED) is 0.857. The molecular formula is C16H20FNOS. The third-order valence-corrected chi connectivity index (χ3v) is 4.22. The maximum atomic E-state index is 13.9. The van der Waals surface area contributed by atoms with Crippen LogP contribution in [0.15, 0.2) is 30.3 Å². The van der Waals surface area contributed by atoms with Crippen molar-refractivity contribution >= 4 is 11.3 Å². The molecule has 1 aromatic heterocycles. The van der Waals surface area contributed by atoms with E-state index in [9.17, 15) is 4.39 Å². The summed E-state index contributed by atoms with van der Waals surface area (Å²) in [7, 11) is 1.48. The Morgan fingerprint density at radius 1 is 1.30 bits per heavy atom. The molecule has 20 heavy (non-hydrogen) atoms. The predicted molar refractivity (Wildman–Crippen MR) is 82.1 cm³/mol. The van der Waals surface area contributed by atoms with E-state index in [-0.39, 0.29) is 17.6 Å². The molecule has 4 heteroatoms. The normalized spacial score (nSPS) is 12.4. The number of benzene rings is 1. The zero-order chi connectivity index (χ0) is 14.5. The minimum atomic E-state index is -0.318. The number of hydrogen-bond donors (Lipinski definition) is 1. The van der Waals surface area contributed by atoms with Gasteiger partial charge in [-0.05, 0) is 49.7 Å². The van der Waals surface area contributed by atoms with E-state index in [1.807, 2.05) is 6.07 Å². The Labute approximate surface area is 123 Å². The van der Waals surface area contributed by atoms with Crippen molar-refractivity contribution < 1.29 is 9.13 Å². The second kappa shape index (κ2) is 6.86. The van der Waals surface area contributed by atoms with Crippen LogP contribution in [0.2, 0.25) is 0 Å². The summed E-state index contributed by atoms with van der Waals surface area (Å²) in [6.07, 6.45) is 1.04. The molecule has 0 saturated carbocycles. The second-order valence-corrected chi connectivity index (χ2v) is 6.05. The number of rotatable bonds is 6. The highest BCUT2D eigenvalue weighted by molar-refractivity contribution is 7.12. The summed E-state index contributed by atoms with van der Waals surface area (Å²) in [6.45, 7) is 5.10. The molecule has 0 bridgehead atoms. The van der Waals surface area contributed by atoms with Crippen LogP contribution in [0, 0.1) is 12.7 Å². The standard InChI is InChI=1S/C16H20FNOS/c1-4-9-18-16(15-8-5-11(2)20-15)12-6-7-14(19-3)13(17)10-12/h5-8,10,16,18H,4,9H2,1-3H3. The summed E-state index contributed by atoms with van der Waals surface area (Å²) < 4.78 is 18.9. The molecular weight excluding hydrogens is 273 g/mol. The van der Waals surface area contributed by atoms with E-state index in [1.165, 1.54) is 16.9 Å². The van der Waals surface area contributed by atoms with Gasteiger partial charge >= 0.3 is 0 Å². The van der Waals surface area contributed by atoms with E-state index in [0.717, 1.165) is 18.5 Å². The SMILES string of the molecule is CCCNC(c1ccc(OC)c(F)c1)c1ccc(C)s1. The topological polar surface area (TPSA) is 21.3 Å². The molecule has 1 heterocycles. The van der Waals surface area contributed by atoms with E-state index >= 15 is 0 Å². The molecule has 0 fully saturated rings. The Hall–Kier alpha value is -1.39. The summed E-state index contributed by atoms with van der Waals surface area (Å²) in [5, 5.41) is 3.48. The number of aryl methyl sites for hydroxylation is 1. The minimum absolute atomic E-state index is 0.0362.